The summed E-state index contributed by atoms with van der Waals surface area (Å²) in [5, 5.41) is 3.64. The number of halogens is 2. The van der Waals surface area contributed by atoms with Crippen LogP contribution in [0.3, 0.4) is 0 Å². The fourth-order valence-electron chi connectivity index (χ4n) is 2.02. The Kier molecular flexibility index (Phi) is 7.08. The number of thiophene rings is 1. The second-order valence-electron chi connectivity index (χ2n) is 4.47. The first kappa shape index (κ1) is 15.5. The molecule has 1 N–H and O–H groups in total. The van der Waals surface area contributed by atoms with E-state index < -0.39 is 0 Å². The molecule has 0 aliphatic heterocycles. The van der Waals surface area contributed by atoms with Gasteiger partial charge in [-0.3, -0.25) is 0 Å². The normalized spacial score (nSPS) is 14.9. The largest absolute Gasteiger partial charge is 0.309 e. The second-order valence-corrected chi connectivity index (χ2v) is 7.01. The predicted molar refractivity (Wildman–Crippen MR) is 82.1 cm³/mol. The number of hydrogen-bond acceptors (Lipinski definition) is 2. The van der Waals surface area contributed by atoms with Crippen LogP contribution in [0.15, 0.2) is 10.5 Å². The van der Waals surface area contributed by atoms with Gasteiger partial charge in [0.05, 0.1) is 0 Å². The first-order chi connectivity index (χ1) is 8.10. The van der Waals surface area contributed by atoms with Crippen molar-refractivity contribution in [2.45, 2.75) is 46.1 Å². The summed E-state index contributed by atoms with van der Waals surface area (Å²) in [6.07, 6.45) is 3.63. The van der Waals surface area contributed by atoms with Crippen LogP contribution in [0.4, 0.5) is 0 Å². The van der Waals surface area contributed by atoms with Crippen molar-refractivity contribution >= 4 is 38.9 Å². The van der Waals surface area contributed by atoms with Crippen molar-refractivity contribution in [3.05, 3.63) is 19.8 Å². The SMILES string of the molecule is CCCNC(c1cc(Br)c(Cl)s1)C(C)CCC. The van der Waals surface area contributed by atoms with E-state index in [1.54, 1.807) is 11.3 Å². The maximum atomic E-state index is 6.13. The van der Waals surface area contributed by atoms with E-state index >= 15 is 0 Å². The molecule has 0 saturated carbocycles. The Morgan fingerprint density at radius 3 is 2.59 bits per heavy atom. The smallest absolute Gasteiger partial charge is 0.107 e. The highest BCUT2D eigenvalue weighted by atomic mass is 79.9. The Hall–Kier alpha value is 0.430. The summed E-state index contributed by atoms with van der Waals surface area (Å²) < 4.78 is 1.87. The maximum absolute atomic E-state index is 6.13. The Morgan fingerprint density at radius 2 is 2.12 bits per heavy atom. The van der Waals surface area contributed by atoms with Gasteiger partial charge in [0.25, 0.3) is 0 Å². The van der Waals surface area contributed by atoms with Crippen LogP contribution in [0.1, 0.15) is 51.0 Å². The molecule has 0 spiro atoms. The van der Waals surface area contributed by atoms with Gasteiger partial charge >= 0.3 is 0 Å². The van der Waals surface area contributed by atoms with Gasteiger partial charge in [0.15, 0.2) is 0 Å². The van der Waals surface area contributed by atoms with Gasteiger partial charge in [-0.05, 0) is 47.3 Å². The average Bonchev–Trinajstić information content (AvgIpc) is 2.60. The molecule has 0 aliphatic rings. The summed E-state index contributed by atoms with van der Waals surface area (Å²) in [4.78, 5) is 1.34. The van der Waals surface area contributed by atoms with E-state index in [4.69, 9.17) is 11.6 Å². The Labute approximate surface area is 122 Å². The van der Waals surface area contributed by atoms with Crippen molar-refractivity contribution in [3.63, 3.8) is 0 Å². The Morgan fingerprint density at radius 1 is 1.41 bits per heavy atom. The van der Waals surface area contributed by atoms with Crippen molar-refractivity contribution in [2.75, 3.05) is 6.54 Å². The van der Waals surface area contributed by atoms with Crippen LogP contribution in [0.25, 0.3) is 0 Å². The number of nitrogens with one attached hydrogen (secondary N) is 1. The molecule has 0 bridgehead atoms. The summed E-state index contributed by atoms with van der Waals surface area (Å²) in [5.74, 6) is 0.646. The predicted octanol–water partition coefficient (Wildman–Crippen LogP) is 5.64. The molecule has 0 fully saturated rings. The van der Waals surface area contributed by atoms with Crippen molar-refractivity contribution in [1.29, 1.82) is 0 Å². The molecule has 98 valence electrons. The zero-order valence-electron chi connectivity index (χ0n) is 10.7. The molecule has 1 heterocycles. The minimum atomic E-state index is 0.434. The summed E-state index contributed by atoms with van der Waals surface area (Å²) in [5.41, 5.74) is 0. The van der Waals surface area contributed by atoms with Crippen molar-refractivity contribution in [1.82, 2.24) is 5.32 Å². The molecule has 1 aromatic rings. The monoisotopic (exact) mass is 337 g/mol. The molecule has 1 nitrogen and oxygen atoms in total. The molecule has 17 heavy (non-hydrogen) atoms. The quantitative estimate of drug-likeness (QED) is 0.678. The molecule has 1 aromatic heterocycles. The lowest BCUT2D eigenvalue weighted by Crippen LogP contribution is -2.27. The van der Waals surface area contributed by atoms with Crippen molar-refractivity contribution < 1.29 is 0 Å². The van der Waals surface area contributed by atoms with Gasteiger partial charge < -0.3 is 5.32 Å². The van der Waals surface area contributed by atoms with E-state index in [0.29, 0.717) is 12.0 Å². The third-order valence-electron chi connectivity index (χ3n) is 2.90. The van der Waals surface area contributed by atoms with E-state index in [2.05, 4.69) is 48.1 Å². The lowest BCUT2D eigenvalue weighted by atomic mass is 9.95. The van der Waals surface area contributed by atoms with Crippen LogP contribution in [0.5, 0.6) is 0 Å². The topological polar surface area (TPSA) is 12.0 Å². The van der Waals surface area contributed by atoms with Crippen LogP contribution < -0.4 is 5.32 Å². The van der Waals surface area contributed by atoms with Crippen molar-refractivity contribution in [3.8, 4) is 0 Å². The van der Waals surface area contributed by atoms with Crippen LogP contribution in [-0.4, -0.2) is 6.54 Å². The summed E-state index contributed by atoms with van der Waals surface area (Å²) in [7, 11) is 0. The standard InChI is InChI=1S/C13H21BrClNS/c1-4-6-9(3)12(16-7-5-2)11-8-10(14)13(15)17-11/h8-9,12,16H,4-7H2,1-3H3. The van der Waals surface area contributed by atoms with Gasteiger partial charge in [-0.2, -0.15) is 0 Å². The summed E-state index contributed by atoms with van der Waals surface area (Å²) >= 11 is 11.3. The zero-order chi connectivity index (χ0) is 12.8. The van der Waals surface area contributed by atoms with Crippen LogP contribution >= 0.6 is 38.9 Å². The van der Waals surface area contributed by atoms with Crippen LogP contribution in [-0.2, 0) is 0 Å². The van der Waals surface area contributed by atoms with Gasteiger partial charge in [-0.1, -0.05) is 38.8 Å². The van der Waals surface area contributed by atoms with E-state index in [0.717, 1.165) is 21.8 Å². The molecule has 0 saturated heterocycles. The van der Waals surface area contributed by atoms with Crippen molar-refractivity contribution in [2.24, 2.45) is 5.92 Å². The Bertz CT molecular complexity index is 321. The molecule has 0 aliphatic carbocycles. The van der Waals surface area contributed by atoms with Gasteiger partial charge in [-0.15, -0.1) is 11.3 Å². The minimum Gasteiger partial charge on any atom is -0.309 e. The van der Waals surface area contributed by atoms with E-state index in [-0.39, 0.29) is 0 Å². The Balaban J connectivity index is 2.80. The van der Waals surface area contributed by atoms with Crippen LogP contribution in [0, 0.1) is 5.92 Å². The van der Waals surface area contributed by atoms with Gasteiger partial charge in [0.1, 0.15) is 4.34 Å². The minimum absolute atomic E-state index is 0.434. The summed E-state index contributed by atoms with van der Waals surface area (Å²) in [6.45, 7) is 7.82. The van der Waals surface area contributed by atoms with Gasteiger partial charge in [0, 0.05) is 15.4 Å². The summed E-state index contributed by atoms with van der Waals surface area (Å²) in [6, 6.07) is 2.59. The molecule has 2 unspecified atom stereocenters. The van der Waals surface area contributed by atoms with Crippen LogP contribution in [0.2, 0.25) is 4.34 Å². The van der Waals surface area contributed by atoms with E-state index in [1.165, 1.54) is 17.7 Å². The molecular weight excluding hydrogens is 318 g/mol. The molecule has 0 aromatic carbocycles. The molecule has 4 heteroatoms. The molecular formula is C13H21BrClNS. The fourth-order valence-corrected chi connectivity index (χ4v) is 3.97. The van der Waals surface area contributed by atoms with E-state index in [1.807, 2.05) is 0 Å². The average molecular weight is 339 g/mol. The zero-order valence-corrected chi connectivity index (χ0v) is 13.9. The number of hydrogen-bond donors (Lipinski definition) is 1. The third kappa shape index (κ3) is 4.55. The first-order valence-electron chi connectivity index (χ1n) is 6.28. The highest BCUT2D eigenvalue weighted by molar-refractivity contribution is 9.10. The van der Waals surface area contributed by atoms with E-state index in [9.17, 15) is 0 Å². The first-order valence-corrected chi connectivity index (χ1v) is 8.27. The lowest BCUT2D eigenvalue weighted by Gasteiger charge is -2.24. The molecule has 2 atom stereocenters. The molecule has 1 rings (SSSR count). The maximum Gasteiger partial charge on any atom is 0.107 e. The lowest BCUT2D eigenvalue weighted by molar-refractivity contribution is 0.368. The highest BCUT2D eigenvalue weighted by Gasteiger charge is 2.20. The molecule has 0 radical (unpaired) electrons. The van der Waals surface area contributed by atoms with Gasteiger partial charge in [-0.25, -0.2) is 0 Å². The second kappa shape index (κ2) is 7.78. The van der Waals surface area contributed by atoms with Gasteiger partial charge in [0.2, 0.25) is 0 Å². The third-order valence-corrected chi connectivity index (χ3v) is 5.46. The highest BCUT2D eigenvalue weighted by Crippen LogP contribution is 2.38. The molecule has 0 amide bonds. The number of rotatable bonds is 7. The fraction of sp³-hybridized carbons (Fsp3) is 0.692.